The molecule has 2 aromatic carbocycles. The molecular formula is C18H21Cl2N. The second-order valence-corrected chi connectivity index (χ2v) is 6.31. The van der Waals surface area contributed by atoms with Gasteiger partial charge in [-0.2, -0.15) is 0 Å². The van der Waals surface area contributed by atoms with Gasteiger partial charge < -0.3 is 5.32 Å². The second kappa shape index (κ2) is 7.31. The van der Waals surface area contributed by atoms with Crippen LogP contribution in [0.5, 0.6) is 0 Å². The first kappa shape index (κ1) is 16.4. The lowest BCUT2D eigenvalue weighted by atomic mass is 9.96. The van der Waals surface area contributed by atoms with Gasteiger partial charge in [0.1, 0.15) is 0 Å². The average Bonchev–Trinajstić information content (AvgIpc) is 2.41. The molecule has 112 valence electrons. The Bertz CT molecular complexity index is 602. The highest BCUT2D eigenvalue weighted by Crippen LogP contribution is 2.27. The molecule has 0 aliphatic carbocycles. The molecule has 0 aliphatic rings. The highest BCUT2D eigenvalue weighted by Gasteiger charge is 2.14. The predicted molar refractivity (Wildman–Crippen MR) is 92.5 cm³/mol. The quantitative estimate of drug-likeness (QED) is 0.766. The van der Waals surface area contributed by atoms with Crippen LogP contribution in [-0.4, -0.2) is 6.54 Å². The summed E-state index contributed by atoms with van der Waals surface area (Å²) in [5, 5.41) is 5.04. The van der Waals surface area contributed by atoms with E-state index in [1.807, 2.05) is 18.2 Å². The molecular weight excluding hydrogens is 301 g/mol. The van der Waals surface area contributed by atoms with Gasteiger partial charge in [0, 0.05) is 16.1 Å². The summed E-state index contributed by atoms with van der Waals surface area (Å²) in [6.07, 6.45) is 0.829. The van der Waals surface area contributed by atoms with E-state index in [1.54, 1.807) is 0 Å². The number of nitrogens with one attached hydrogen (secondary N) is 1. The Balaban J connectivity index is 2.32. The number of hydrogen-bond acceptors (Lipinski definition) is 1. The Morgan fingerprint density at radius 1 is 1.00 bits per heavy atom. The SMILES string of the molecule is CCNC(Cc1cc(Cl)ccc1Cl)c1cc(C)cc(C)c1. The zero-order chi connectivity index (χ0) is 15.4. The first-order valence-electron chi connectivity index (χ1n) is 7.25. The molecule has 3 heteroatoms. The molecule has 0 aromatic heterocycles. The molecule has 0 radical (unpaired) electrons. The van der Waals surface area contributed by atoms with Crippen LogP contribution in [0.3, 0.4) is 0 Å². The molecule has 0 aliphatic heterocycles. The van der Waals surface area contributed by atoms with Gasteiger partial charge in [0.15, 0.2) is 0 Å². The Hall–Kier alpha value is -1.02. The molecule has 0 bridgehead atoms. The van der Waals surface area contributed by atoms with Crippen molar-refractivity contribution >= 4 is 23.2 Å². The third kappa shape index (κ3) is 4.47. The normalized spacial score (nSPS) is 12.4. The minimum atomic E-state index is 0.240. The van der Waals surface area contributed by atoms with Crippen LogP contribution in [0.15, 0.2) is 36.4 Å². The van der Waals surface area contributed by atoms with E-state index in [4.69, 9.17) is 23.2 Å². The van der Waals surface area contributed by atoms with Crippen LogP contribution in [0.4, 0.5) is 0 Å². The smallest absolute Gasteiger partial charge is 0.0439 e. The zero-order valence-corrected chi connectivity index (χ0v) is 14.2. The van der Waals surface area contributed by atoms with Crippen molar-refractivity contribution in [2.24, 2.45) is 0 Å². The van der Waals surface area contributed by atoms with Crippen molar-refractivity contribution < 1.29 is 0 Å². The van der Waals surface area contributed by atoms with Gasteiger partial charge in [-0.05, 0) is 56.1 Å². The molecule has 2 rings (SSSR count). The fourth-order valence-electron chi connectivity index (χ4n) is 2.69. The molecule has 0 saturated heterocycles. The number of aryl methyl sites for hydroxylation is 2. The molecule has 0 fully saturated rings. The van der Waals surface area contributed by atoms with Crippen molar-refractivity contribution in [1.29, 1.82) is 0 Å². The van der Waals surface area contributed by atoms with Crippen molar-refractivity contribution in [3.05, 3.63) is 68.7 Å². The number of hydrogen-bond donors (Lipinski definition) is 1. The minimum absolute atomic E-state index is 0.240. The van der Waals surface area contributed by atoms with Crippen molar-refractivity contribution in [3.63, 3.8) is 0 Å². The summed E-state index contributed by atoms with van der Waals surface area (Å²) < 4.78 is 0. The molecule has 2 aromatic rings. The van der Waals surface area contributed by atoms with Crippen LogP contribution in [0.2, 0.25) is 10.0 Å². The van der Waals surface area contributed by atoms with Gasteiger partial charge in [0.2, 0.25) is 0 Å². The first-order chi connectivity index (χ1) is 9.99. The maximum Gasteiger partial charge on any atom is 0.0439 e. The van der Waals surface area contributed by atoms with E-state index in [2.05, 4.69) is 44.3 Å². The van der Waals surface area contributed by atoms with E-state index >= 15 is 0 Å². The summed E-state index contributed by atoms with van der Waals surface area (Å²) in [6, 6.07) is 12.5. The zero-order valence-electron chi connectivity index (χ0n) is 12.7. The van der Waals surface area contributed by atoms with Gasteiger partial charge in [0.25, 0.3) is 0 Å². The molecule has 0 amide bonds. The van der Waals surface area contributed by atoms with E-state index in [-0.39, 0.29) is 6.04 Å². The maximum absolute atomic E-state index is 6.30. The molecule has 1 atom stereocenters. The van der Waals surface area contributed by atoms with E-state index < -0.39 is 0 Å². The van der Waals surface area contributed by atoms with Crippen LogP contribution in [-0.2, 0) is 6.42 Å². The van der Waals surface area contributed by atoms with Gasteiger partial charge in [0.05, 0.1) is 0 Å². The number of likely N-dealkylation sites (N-methyl/N-ethyl adjacent to an activating group) is 1. The number of halogens is 2. The van der Waals surface area contributed by atoms with E-state index in [0.29, 0.717) is 0 Å². The molecule has 0 spiro atoms. The van der Waals surface area contributed by atoms with Gasteiger partial charge >= 0.3 is 0 Å². The summed E-state index contributed by atoms with van der Waals surface area (Å²) >= 11 is 12.4. The van der Waals surface area contributed by atoms with Crippen molar-refractivity contribution in [3.8, 4) is 0 Å². The summed E-state index contributed by atoms with van der Waals surface area (Å²) in [7, 11) is 0. The van der Waals surface area contributed by atoms with Crippen LogP contribution in [0, 0.1) is 13.8 Å². The van der Waals surface area contributed by atoms with Crippen molar-refractivity contribution in [2.45, 2.75) is 33.2 Å². The van der Waals surface area contributed by atoms with Crippen LogP contribution in [0.1, 0.15) is 35.2 Å². The Labute approximate surface area is 137 Å². The lowest BCUT2D eigenvalue weighted by Gasteiger charge is -2.20. The third-order valence-corrected chi connectivity index (χ3v) is 4.13. The van der Waals surface area contributed by atoms with Crippen LogP contribution < -0.4 is 5.32 Å². The van der Waals surface area contributed by atoms with Crippen molar-refractivity contribution in [2.75, 3.05) is 6.54 Å². The Kier molecular flexibility index (Phi) is 5.69. The van der Waals surface area contributed by atoms with Gasteiger partial charge in [-0.15, -0.1) is 0 Å². The maximum atomic E-state index is 6.30. The lowest BCUT2D eigenvalue weighted by molar-refractivity contribution is 0.549. The fourth-order valence-corrected chi connectivity index (χ4v) is 3.07. The fraction of sp³-hybridized carbons (Fsp3) is 0.333. The van der Waals surface area contributed by atoms with Crippen LogP contribution in [0.25, 0.3) is 0 Å². The highest BCUT2D eigenvalue weighted by atomic mass is 35.5. The summed E-state index contributed by atoms with van der Waals surface area (Å²) in [5.41, 5.74) is 4.94. The predicted octanol–water partition coefficient (Wildman–Crippen LogP) is 5.50. The highest BCUT2D eigenvalue weighted by molar-refractivity contribution is 6.33. The molecule has 1 unspecified atom stereocenters. The standard InChI is InChI=1S/C18H21Cl2N/c1-4-21-18(15-8-12(2)7-13(3)9-15)11-14-10-16(19)5-6-17(14)20/h5-10,18,21H,4,11H2,1-3H3. The molecule has 0 saturated carbocycles. The molecule has 0 heterocycles. The van der Waals surface area contributed by atoms with Gasteiger partial charge in [-0.25, -0.2) is 0 Å². The monoisotopic (exact) mass is 321 g/mol. The number of benzene rings is 2. The lowest BCUT2D eigenvalue weighted by Crippen LogP contribution is -2.23. The largest absolute Gasteiger partial charge is 0.310 e. The number of rotatable bonds is 5. The van der Waals surface area contributed by atoms with E-state index in [0.717, 1.165) is 28.6 Å². The third-order valence-electron chi connectivity index (χ3n) is 3.53. The minimum Gasteiger partial charge on any atom is -0.310 e. The Morgan fingerprint density at radius 2 is 1.67 bits per heavy atom. The molecule has 1 N–H and O–H groups in total. The topological polar surface area (TPSA) is 12.0 Å². The van der Waals surface area contributed by atoms with Gasteiger partial charge in [-0.3, -0.25) is 0 Å². The summed E-state index contributed by atoms with van der Waals surface area (Å²) in [6.45, 7) is 7.29. The van der Waals surface area contributed by atoms with Crippen molar-refractivity contribution in [1.82, 2.24) is 5.32 Å². The summed E-state index contributed by atoms with van der Waals surface area (Å²) in [4.78, 5) is 0. The van der Waals surface area contributed by atoms with E-state index in [9.17, 15) is 0 Å². The summed E-state index contributed by atoms with van der Waals surface area (Å²) in [5.74, 6) is 0. The average molecular weight is 322 g/mol. The second-order valence-electron chi connectivity index (χ2n) is 5.47. The van der Waals surface area contributed by atoms with Gasteiger partial charge in [-0.1, -0.05) is 59.5 Å². The molecule has 1 nitrogen and oxygen atoms in total. The first-order valence-corrected chi connectivity index (χ1v) is 8.00. The van der Waals surface area contributed by atoms with E-state index in [1.165, 1.54) is 16.7 Å². The van der Waals surface area contributed by atoms with Crippen LogP contribution >= 0.6 is 23.2 Å². The molecule has 21 heavy (non-hydrogen) atoms. The Morgan fingerprint density at radius 3 is 2.29 bits per heavy atom.